The minimum atomic E-state index is 0.0524. The highest BCUT2D eigenvalue weighted by Gasteiger charge is 2.20. The van der Waals surface area contributed by atoms with E-state index in [9.17, 15) is 0 Å². The van der Waals surface area contributed by atoms with Gasteiger partial charge in [-0.1, -0.05) is 63.2 Å². The van der Waals surface area contributed by atoms with Crippen LogP contribution in [0.25, 0.3) is 52.6 Å². The van der Waals surface area contributed by atoms with Crippen molar-refractivity contribution in [3.05, 3.63) is 89.4 Å². The second-order valence-electron chi connectivity index (χ2n) is 9.78. The van der Waals surface area contributed by atoms with Gasteiger partial charge < -0.3 is 0 Å². The lowest BCUT2D eigenvalue weighted by Gasteiger charge is -2.22. The number of benzene rings is 3. The maximum absolute atomic E-state index is 4.89. The Morgan fingerprint density at radius 2 is 1.61 bits per heavy atom. The Morgan fingerprint density at radius 1 is 0.788 bits per heavy atom. The fraction of sp³-hybridized carbons (Fsp3) is 0.167. The largest absolute Gasteiger partial charge is 0.255 e. The second kappa shape index (κ2) is 7.51. The molecule has 6 rings (SSSR count). The van der Waals surface area contributed by atoms with Gasteiger partial charge in [0.1, 0.15) is 0 Å². The maximum Gasteiger partial charge on any atom is 0.0880 e. The fourth-order valence-corrected chi connectivity index (χ4v) is 7.10. The average Bonchev–Trinajstić information content (AvgIpc) is 3.41. The predicted molar refractivity (Wildman–Crippen MR) is 147 cm³/mol. The maximum atomic E-state index is 4.89. The summed E-state index contributed by atoms with van der Waals surface area (Å²) in [4.78, 5) is 6.20. The number of aromatic nitrogens is 1. The molecule has 0 bridgehead atoms. The first-order valence-corrected chi connectivity index (χ1v) is 13.0. The van der Waals surface area contributed by atoms with Crippen LogP contribution >= 0.6 is 22.7 Å². The van der Waals surface area contributed by atoms with Crippen molar-refractivity contribution in [3.8, 4) is 21.7 Å². The molecule has 162 valence electrons. The van der Waals surface area contributed by atoms with Gasteiger partial charge in [-0.2, -0.15) is 0 Å². The molecule has 0 atom stereocenters. The van der Waals surface area contributed by atoms with Gasteiger partial charge in [0.2, 0.25) is 0 Å². The van der Waals surface area contributed by atoms with E-state index in [-0.39, 0.29) is 5.41 Å². The predicted octanol–water partition coefficient (Wildman–Crippen LogP) is 9.60. The lowest BCUT2D eigenvalue weighted by molar-refractivity contribution is 0.596. The van der Waals surface area contributed by atoms with Gasteiger partial charge >= 0.3 is 0 Å². The minimum Gasteiger partial charge on any atom is -0.255 e. The number of rotatable bonds is 2. The zero-order valence-corrected chi connectivity index (χ0v) is 20.9. The van der Waals surface area contributed by atoms with E-state index in [1.54, 1.807) is 0 Å². The Bertz CT molecular complexity index is 1660. The molecule has 3 aromatic carbocycles. The summed E-state index contributed by atoms with van der Waals surface area (Å²) in [5, 5.41) is 7.48. The molecule has 0 saturated heterocycles. The van der Waals surface area contributed by atoms with Gasteiger partial charge in [-0.3, -0.25) is 4.98 Å². The van der Waals surface area contributed by atoms with E-state index < -0.39 is 0 Å². The summed E-state index contributed by atoms with van der Waals surface area (Å²) in [7, 11) is 0. The SMILES string of the molecule is Cc1csc2c(-c3cc4ccnc(-c5cc(C(C)(C)C)c6ccccc6c5)c4s3)cccc12. The third-order valence-corrected chi connectivity index (χ3v) is 8.77. The summed E-state index contributed by atoms with van der Waals surface area (Å²) in [6.07, 6.45) is 1.95. The van der Waals surface area contributed by atoms with Gasteiger partial charge in [0.05, 0.1) is 10.4 Å². The first-order valence-electron chi connectivity index (χ1n) is 11.3. The van der Waals surface area contributed by atoms with Crippen molar-refractivity contribution in [2.45, 2.75) is 33.1 Å². The van der Waals surface area contributed by atoms with Crippen molar-refractivity contribution < 1.29 is 0 Å². The normalized spacial score (nSPS) is 12.2. The number of hydrogen-bond donors (Lipinski definition) is 0. The standard InChI is InChI=1S/C30H25NS2/c1-18-17-32-29-22(18)10-7-11-24(29)26-16-20-12-13-31-27(28(20)33-26)21-14-19-8-5-6-9-23(19)25(15-21)30(2,3)4/h5-17H,1-4H3. The smallest absolute Gasteiger partial charge is 0.0880 e. The van der Waals surface area contributed by atoms with Gasteiger partial charge in [-0.05, 0) is 74.7 Å². The molecular weight excluding hydrogens is 438 g/mol. The molecule has 3 aromatic heterocycles. The van der Waals surface area contributed by atoms with Gasteiger partial charge in [0.25, 0.3) is 0 Å². The summed E-state index contributed by atoms with van der Waals surface area (Å²) in [5.41, 5.74) is 6.37. The third kappa shape index (κ3) is 3.38. The van der Waals surface area contributed by atoms with Crippen molar-refractivity contribution in [1.29, 1.82) is 0 Å². The zero-order valence-electron chi connectivity index (χ0n) is 19.3. The molecule has 1 nitrogen and oxygen atoms in total. The van der Waals surface area contributed by atoms with Crippen molar-refractivity contribution in [3.63, 3.8) is 0 Å². The van der Waals surface area contributed by atoms with E-state index in [4.69, 9.17) is 4.98 Å². The van der Waals surface area contributed by atoms with Gasteiger partial charge in [0.15, 0.2) is 0 Å². The first-order chi connectivity index (χ1) is 15.9. The van der Waals surface area contributed by atoms with Crippen LogP contribution in [0.3, 0.4) is 0 Å². The van der Waals surface area contributed by atoms with Crippen LogP contribution in [0.2, 0.25) is 0 Å². The first kappa shape index (κ1) is 20.6. The van der Waals surface area contributed by atoms with E-state index >= 15 is 0 Å². The van der Waals surface area contributed by atoms with Crippen LogP contribution < -0.4 is 0 Å². The highest BCUT2D eigenvalue weighted by molar-refractivity contribution is 7.23. The van der Waals surface area contributed by atoms with Gasteiger partial charge in [-0.15, -0.1) is 22.7 Å². The molecular formula is C30H25NS2. The highest BCUT2D eigenvalue weighted by Crippen LogP contribution is 2.43. The highest BCUT2D eigenvalue weighted by atomic mass is 32.1. The van der Waals surface area contributed by atoms with Crippen LogP contribution in [0.15, 0.2) is 78.3 Å². The van der Waals surface area contributed by atoms with Crippen LogP contribution in [0, 0.1) is 6.92 Å². The van der Waals surface area contributed by atoms with E-state index in [2.05, 4.69) is 99.8 Å². The molecule has 0 radical (unpaired) electrons. The Morgan fingerprint density at radius 3 is 2.45 bits per heavy atom. The Labute approximate surface area is 202 Å². The van der Waals surface area contributed by atoms with Gasteiger partial charge in [-0.25, -0.2) is 0 Å². The molecule has 3 heteroatoms. The van der Waals surface area contributed by atoms with Crippen LogP contribution in [-0.2, 0) is 5.41 Å². The number of hydrogen-bond acceptors (Lipinski definition) is 3. The topological polar surface area (TPSA) is 12.9 Å². The summed E-state index contributed by atoms with van der Waals surface area (Å²) in [6, 6.07) is 24.5. The number of aryl methyl sites for hydroxylation is 1. The Kier molecular flexibility index (Phi) is 4.69. The van der Waals surface area contributed by atoms with Crippen LogP contribution in [0.1, 0.15) is 31.9 Å². The molecule has 0 amide bonds. The van der Waals surface area contributed by atoms with E-state index in [1.807, 2.05) is 28.9 Å². The number of fused-ring (bicyclic) bond motifs is 3. The molecule has 0 aliphatic heterocycles. The molecule has 0 aliphatic rings. The lowest BCUT2D eigenvalue weighted by Crippen LogP contribution is -2.12. The van der Waals surface area contributed by atoms with Gasteiger partial charge in [0, 0.05) is 26.9 Å². The minimum absolute atomic E-state index is 0.0524. The van der Waals surface area contributed by atoms with E-state index in [0.717, 1.165) is 5.69 Å². The second-order valence-corrected chi connectivity index (χ2v) is 11.7. The third-order valence-electron chi connectivity index (χ3n) is 6.44. The Balaban J connectivity index is 1.59. The molecule has 0 spiro atoms. The zero-order chi connectivity index (χ0) is 22.7. The summed E-state index contributed by atoms with van der Waals surface area (Å²) in [6.45, 7) is 9.07. The molecule has 0 saturated carbocycles. The van der Waals surface area contributed by atoms with Crippen molar-refractivity contribution in [1.82, 2.24) is 4.98 Å². The quantitative estimate of drug-likeness (QED) is 0.249. The van der Waals surface area contributed by atoms with Crippen LogP contribution in [0.5, 0.6) is 0 Å². The van der Waals surface area contributed by atoms with Crippen LogP contribution in [-0.4, -0.2) is 4.98 Å². The number of nitrogens with zero attached hydrogens (tertiary/aromatic N) is 1. The molecule has 0 unspecified atom stereocenters. The molecule has 33 heavy (non-hydrogen) atoms. The lowest BCUT2D eigenvalue weighted by atomic mass is 9.82. The van der Waals surface area contributed by atoms with Crippen molar-refractivity contribution in [2.24, 2.45) is 0 Å². The summed E-state index contributed by atoms with van der Waals surface area (Å²) >= 11 is 3.70. The fourth-order valence-electron chi connectivity index (χ4n) is 4.75. The summed E-state index contributed by atoms with van der Waals surface area (Å²) < 4.78 is 2.63. The number of thiophene rings is 2. The Hall–Kier alpha value is -3.01. The molecule has 6 aromatic rings. The molecule has 0 fully saturated rings. The van der Waals surface area contributed by atoms with Crippen molar-refractivity contribution >= 4 is 53.6 Å². The van der Waals surface area contributed by atoms with Crippen LogP contribution in [0.4, 0.5) is 0 Å². The molecule has 0 aliphatic carbocycles. The average molecular weight is 464 g/mol. The molecule has 0 N–H and O–H groups in total. The molecule has 3 heterocycles. The monoisotopic (exact) mass is 463 g/mol. The summed E-state index contributed by atoms with van der Waals surface area (Å²) in [5.74, 6) is 0. The van der Waals surface area contributed by atoms with E-state index in [0.29, 0.717) is 0 Å². The number of pyridine rings is 1. The van der Waals surface area contributed by atoms with E-state index in [1.165, 1.54) is 58.1 Å². The van der Waals surface area contributed by atoms with Crippen molar-refractivity contribution in [2.75, 3.05) is 0 Å².